The number of benzene rings is 3. The average Bonchev–Trinajstić information content (AvgIpc) is 3.38. The van der Waals surface area contributed by atoms with Gasteiger partial charge in [-0.2, -0.15) is 0 Å². The fourth-order valence-corrected chi connectivity index (χ4v) is 5.29. The number of nitrogens with one attached hydrogen (secondary N) is 2. The van der Waals surface area contributed by atoms with E-state index in [0.29, 0.717) is 46.5 Å². The third-order valence-corrected chi connectivity index (χ3v) is 7.81. The molecule has 3 aromatic carbocycles. The van der Waals surface area contributed by atoms with Crippen molar-refractivity contribution in [2.24, 2.45) is 0 Å². The molecule has 4 aromatic rings. The maximum Gasteiger partial charge on any atom is 0.340 e. The Hall–Kier alpha value is -4.24. The van der Waals surface area contributed by atoms with Crippen LogP contribution < -0.4 is 24.8 Å². The molecule has 0 radical (unpaired) electrons. The van der Waals surface area contributed by atoms with Gasteiger partial charge in [0.2, 0.25) is 0 Å². The lowest BCUT2D eigenvalue weighted by Crippen LogP contribution is -2.20. The van der Waals surface area contributed by atoms with Gasteiger partial charge in [-0.05, 0) is 41.3 Å². The molecule has 0 atom stereocenters. The normalized spacial score (nSPS) is 11.2. The van der Waals surface area contributed by atoms with Crippen LogP contribution in [0.2, 0.25) is 0 Å². The van der Waals surface area contributed by atoms with Crippen LogP contribution in [0, 0.1) is 0 Å². The molecule has 2 N–H and O–H groups in total. The van der Waals surface area contributed by atoms with Gasteiger partial charge in [0.25, 0.3) is 0 Å². The first-order valence-electron chi connectivity index (χ1n) is 12.8. The zero-order chi connectivity index (χ0) is 28.9. The molecule has 1 aromatic heterocycles. The highest BCUT2D eigenvalue weighted by molar-refractivity contribution is 7.16. The van der Waals surface area contributed by atoms with Crippen molar-refractivity contribution in [1.82, 2.24) is 0 Å². The Bertz CT molecular complexity index is 1520. The fourth-order valence-electron chi connectivity index (χ4n) is 4.19. The van der Waals surface area contributed by atoms with Gasteiger partial charge in [0, 0.05) is 22.1 Å². The summed E-state index contributed by atoms with van der Waals surface area (Å²) in [5.74, 6) is 1.57. The van der Waals surface area contributed by atoms with Crippen molar-refractivity contribution in [2.45, 2.75) is 32.6 Å². The molecule has 9 heteroatoms. The molecule has 0 saturated heterocycles. The molecule has 2 amide bonds. The molecule has 0 unspecified atom stereocenters. The Morgan fingerprint density at radius 3 is 2.20 bits per heavy atom. The van der Waals surface area contributed by atoms with Gasteiger partial charge >= 0.3 is 12.0 Å². The zero-order valence-corrected chi connectivity index (χ0v) is 24.4. The number of amides is 2. The molecule has 40 heavy (non-hydrogen) atoms. The van der Waals surface area contributed by atoms with Crippen LogP contribution >= 0.6 is 11.3 Å². The van der Waals surface area contributed by atoms with E-state index in [9.17, 15) is 9.59 Å². The molecule has 4 rings (SSSR count). The Balaban J connectivity index is 1.49. The number of anilines is 2. The summed E-state index contributed by atoms with van der Waals surface area (Å²) in [5, 5.41) is 7.89. The molecule has 0 fully saturated rings. The summed E-state index contributed by atoms with van der Waals surface area (Å²) in [6, 6.07) is 18.5. The van der Waals surface area contributed by atoms with Gasteiger partial charge in [0.15, 0.2) is 11.5 Å². The standard InChI is InChI=1S/C31H34N2O6S/c1-31(2,3)27-18-22(29(34)38-6)28(40-27)33-30(35)32-23-12-14-24(21-10-8-7-9-20(21)23)39-16-15-19-11-13-25(36-4)26(17-19)37-5/h7-14,17-18H,15-16H2,1-6H3,(H2,32,33,35). The number of carbonyl (C=O) groups excluding carboxylic acids is 2. The second kappa shape index (κ2) is 12.3. The number of hydrogen-bond donors (Lipinski definition) is 2. The maximum absolute atomic E-state index is 13.0. The fraction of sp³-hybridized carbons (Fsp3) is 0.290. The number of methoxy groups -OCH3 is 3. The van der Waals surface area contributed by atoms with Gasteiger partial charge in [0.1, 0.15) is 10.8 Å². The Labute approximate surface area is 238 Å². The van der Waals surface area contributed by atoms with Crippen molar-refractivity contribution in [1.29, 1.82) is 0 Å². The van der Waals surface area contributed by atoms with E-state index in [1.165, 1.54) is 18.4 Å². The minimum Gasteiger partial charge on any atom is -0.493 e. The predicted octanol–water partition coefficient (Wildman–Crippen LogP) is 7.27. The summed E-state index contributed by atoms with van der Waals surface area (Å²) in [6.45, 7) is 6.60. The molecular weight excluding hydrogens is 528 g/mol. The van der Waals surface area contributed by atoms with E-state index in [0.717, 1.165) is 21.2 Å². The Morgan fingerprint density at radius 2 is 1.52 bits per heavy atom. The number of ether oxygens (including phenoxy) is 4. The van der Waals surface area contributed by atoms with E-state index in [4.69, 9.17) is 18.9 Å². The smallest absolute Gasteiger partial charge is 0.340 e. The van der Waals surface area contributed by atoms with Crippen LogP contribution in [-0.2, 0) is 16.6 Å². The van der Waals surface area contributed by atoms with Crippen LogP contribution in [0.3, 0.4) is 0 Å². The van der Waals surface area contributed by atoms with Crippen molar-refractivity contribution < 1.29 is 28.5 Å². The summed E-state index contributed by atoms with van der Waals surface area (Å²) in [5.41, 5.74) is 1.82. The molecular formula is C31H34N2O6S. The molecule has 1 heterocycles. The predicted molar refractivity (Wildman–Crippen MR) is 160 cm³/mol. The molecule has 0 saturated carbocycles. The maximum atomic E-state index is 13.0. The minimum atomic E-state index is -0.498. The van der Waals surface area contributed by atoms with Gasteiger partial charge < -0.3 is 24.3 Å². The van der Waals surface area contributed by atoms with E-state index < -0.39 is 12.0 Å². The first-order valence-corrected chi connectivity index (χ1v) is 13.6. The topological polar surface area (TPSA) is 95.1 Å². The van der Waals surface area contributed by atoms with Gasteiger partial charge in [-0.15, -0.1) is 11.3 Å². The molecule has 0 aliphatic rings. The van der Waals surface area contributed by atoms with Crippen molar-refractivity contribution in [3.8, 4) is 17.2 Å². The van der Waals surface area contributed by atoms with Crippen molar-refractivity contribution in [2.75, 3.05) is 38.6 Å². The molecule has 0 spiro atoms. The summed E-state index contributed by atoms with van der Waals surface area (Å²) in [6.07, 6.45) is 0.678. The molecule has 8 nitrogen and oxygen atoms in total. The summed E-state index contributed by atoms with van der Waals surface area (Å²) in [7, 11) is 4.55. The highest BCUT2D eigenvalue weighted by atomic mass is 32.1. The van der Waals surface area contributed by atoms with E-state index in [1.807, 2.05) is 75.4 Å². The first-order chi connectivity index (χ1) is 19.1. The van der Waals surface area contributed by atoms with Crippen LogP contribution in [0.1, 0.15) is 41.6 Å². The van der Waals surface area contributed by atoms with Crippen LogP contribution in [-0.4, -0.2) is 39.9 Å². The Kier molecular flexibility index (Phi) is 8.84. The van der Waals surface area contributed by atoms with E-state index in [1.54, 1.807) is 20.3 Å². The lowest BCUT2D eigenvalue weighted by atomic mass is 9.94. The van der Waals surface area contributed by atoms with Crippen LogP contribution in [0.4, 0.5) is 15.5 Å². The summed E-state index contributed by atoms with van der Waals surface area (Å²) >= 11 is 1.36. The number of hydrogen-bond acceptors (Lipinski definition) is 7. The molecule has 0 aliphatic carbocycles. The lowest BCUT2D eigenvalue weighted by Gasteiger charge is -2.15. The monoisotopic (exact) mass is 562 g/mol. The Morgan fingerprint density at radius 1 is 0.825 bits per heavy atom. The van der Waals surface area contributed by atoms with Crippen LogP contribution in [0.15, 0.2) is 60.7 Å². The number of urea groups is 1. The third-order valence-electron chi connectivity index (χ3n) is 6.33. The van der Waals surface area contributed by atoms with Crippen LogP contribution in [0.5, 0.6) is 17.2 Å². The van der Waals surface area contributed by atoms with Gasteiger partial charge in [-0.3, -0.25) is 5.32 Å². The van der Waals surface area contributed by atoms with Gasteiger partial charge in [-0.25, -0.2) is 9.59 Å². The number of esters is 1. The lowest BCUT2D eigenvalue weighted by molar-refractivity contribution is 0.0602. The summed E-state index contributed by atoms with van der Waals surface area (Å²) in [4.78, 5) is 26.4. The van der Waals surface area contributed by atoms with E-state index in [-0.39, 0.29) is 5.41 Å². The van der Waals surface area contributed by atoms with E-state index >= 15 is 0 Å². The third kappa shape index (κ3) is 6.48. The average molecular weight is 563 g/mol. The number of rotatable bonds is 9. The SMILES string of the molecule is COC(=O)c1cc(C(C)(C)C)sc1NC(=O)Nc1ccc(OCCc2ccc(OC)c(OC)c2)c2ccccc12. The highest BCUT2D eigenvalue weighted by Gasteiger charge is 2.24. The largest absolute Gasteiger partial charge is 0.493 e. The zero-order valence-electron chi connectivity index (χ0n) is 23.5. The van der Waals surface area contributed by atoms with Gasteiger partial charge in [0.05, 0.1) is 39.2 Å². The van der Waals surface area contributed by atoms with Crippen LogP contribution in [0.25, 0.3) is 10.8 Å². The van der Waals surface area contributed by atoms with Crippen molar-refractivity contribution in [3.05, 3.63) is 76.7 Å². The summed E-state index contributed by atoms with van der Waals surface area (Å²) < 4.78 is 21.8. The number of fused-ring (bicyclic) bond motifs is 1. The number of thiophene rings is 1. The molecule has 0 aliphatic heterocycles. The second-order valence-electron chi connectivity index (χ2n) is 10.1. The molecule has 210 valence electrons. The van der Waals surface area contributed by atoms with Crippen molar-refractivity contribution in [3.63, 3.8) is 0 Å². The van der Waals surface area contributed by atoms with E-state index in [2.05, 4.69) is 10.6 Å². The van der Waals surface area contributed by atoms with Gasteiger partial charge in [-0.1, -0.05) is 51.1 Å². The minimum absolute atomic E-state index is 0.185. The molecule has 0 bridgehead atoms. The number of carbonyl (C=O) groups is 2. The highest BCUT2D eigenvalue weighted by Crippen LogP contribution is 2.37. The first kappa shape index (κ1) is 28.8. The second-order valence-corrected chi connectivity index (χ2v) is 11.2. The van der Waals surface area contributed by atoms with Crippen molar-refractivity contribution >= 4 is 44.8 Å². The quantitative estimate of drug-likeness (QED) is 0.208.